The van der Waals surface area contributed by atoms with Gasteiger partial charge in [0.15, 0.2) is 0 Å². The number of halogens is 5. The van der Waals surface area contributed by atoms with E-state index in [0.717, 1.165) is 0 Å². The van der Waals surface area contributed by atoms with Crippen molar-refractivity contribution in [3.05, 3.63) is 58.1 Å². The molecule has 112 valence electrons. The van der Waals surface area contributed by atoms with E-state index in [1.807, 2.05) is 0 Å². The predicted molar refractivity (Wildman–Crippen MR) is 76.9 cm³/mol. The molecule has 0 aliphatic rings. The Kier molecular flexibility index (Phi) is 4.85. The van der Waals surface area contributed by atoms with Crippen molar-refractivity contribution in [2.45, 2.75) is 12.9 Å². The summed E-state index contributed by atoms with van der Waals surface area (Å²) in [5, 5.41) is 3.92. The van der Waals surface area contributed by atoms with Crippen molar-refractivity contribution in [3.8, 4) is 5.75 Å². The number of anilines is 1. The van der Waals surface area contributed by atoms with Gasteiger partial charge in [0, 0.05) is 33.9 Å². The second kappa shape index (κ2) is 6.45. The minimum atomic E-state index is -4.72. The van der Waals surface area contributed by atoms with Crippen molar-refractivity contribution in [1.82, 2.24) is 0 Å². The molecule has 0 aliphatic heterocycles. The fourth-order valence-corrected chi connectivity index (χ4v) is 2.23. The molecule has 0 aromatic heterocycles. The molecule has 2 rings (SSSR count). The standard InChI is InChI=1S/C14H10Cl2F3NO/c15-12-5-2-6-13(16)11(12)8-20-9-3-1-4-10(7-9)21-14(17,18)19/h1-7,20H,8H2. The largest absolute Gasteiger partial charge is 0.573 e. The van der Waals surface area contributed by atoms with Gasteiger partial charge in [0.2, 0.25) is 0 Å². The van der Waals surface area contributed by atoms with Crippen molar-refractivity contribution in [2.75, 3.05) is 5.32 Å². The molecule has 0 aliphatic carbocycles. The third-order valence-corrected chi connectivity index (χ3v) is 3.31. The van der Waals surface area contributed by atoms with Crippen LogP contribution in [-0.2, 0) is 6.54 Å². The summed E-state index contributed by atoms with van der Waals surface area (Å²) >= 11 is 12.0. The van der Waals surface area contributed by atoms with Gasteiger partial charge in [-0.2, -0.15) is 0 Å². The first kappa shape index (κ1) is 15.8. The minimum Gasteiger partial charge on any atom is -0.406 e. The Labute approximate surface area is 129 Å². The minimum absolute atomic E-state index is 0.286. The maximum absolute atomic E-state index is 12.2. The lowest BCUT2D eigenvalue weighted by molar-refractivity contribution is -0.274. The van der Waals surface area contributed by atoms with E-state index in [9.17, 15) is 13.2 Å². The van der Waals surface area contributed by atoms with E-state index in [0.29, 0.717) is 21.3 Å². The van der Waals surface area contributed by atoms with Gasteiger partial charge in [-0.15, -0.1) is 13.2 Å². The number of ether oxygens (including phenoxy) is 1. The van der Waals surface area contributed by atoms with Crippen LogP contribution < -0.4 is 10.1 Å². The average molecular weight is 336 g/mol. The monoisotopic (exact) mass is 335 g/mol. The van der Waals surface area contributed by atoms with Crippen LogP contribution in [0.3, 0.4) is 0 Å². The molecule has 0 spiro atoms. The lowest BCUT2D eigenvalue weighted by Crippen LogP contribution is -2.17. The topological polar surface area (TPSA) is 21.3 Å². The Morgan fingerprint density at radius 2 is 1.62 bits per heavy atom. The zero-order chi connectivity index (χ0) is 15.5. The maximum Gasteiger partial charge on any atom is 0.573 e. The van der Waals surface area contributed by atoms with E-state index in [1.54, 1.807) is 24.3 Å². The molecule has 0 bridgehead atoms. The Morgan fingerprint density at radius 3 is 2.24 bits per heavy atom. The number of benzene rings is 2. The van der Waals surface area contributed by atoms with Crippen molar-refractivity contribution in [3.63, 3.8) is 0 Å². The van der Waals surface area contributed by atoms with Gasteiger partial charge in [0.1, 0.15) is 5.75 Å². The first-order valence-electron chi connectivity index (χ1n) is 5.88. The molecule has 0 radical (unpaired) electrons. The highest BCUT2D eigenvalue weighted by Crippen LogP contribution is 2.27. The van der Waals surface area contributed by atoms with Gasteiger partial charge in [-0.25, -0.2) is 0 Å². The van der Waals surface area contributed by atoms with Crippen LogP contribution in [0.2, 0.25) is 10.0 Å². The van der Waals surface area contributed by atoms with Crippen LogP contribution in [0.1, 0.15) is 5.56 Å². The first-order valence-corrected chi connectivity index (χ1v) is 6.63. The summed E-state index contributed by atoms with van der Waals surface area (Å²) in [5.41, 5.74) is 1.13. The van der Waals surface area contributed by atoms with Crippen LogP contribution in [-0.4, -0.2) is 6.36 Å². The number of nitrogens with one attached hydrogen (secondary N) is 1. The molecule has 0 unspecified atom stereocenters. The van der Waals surface area contributed by atoms with Crippen molar-refractivity contribution in [2.24, 2.45) is 0 Å². The van der Waals surface area contributed by atoms with E-state index in [2.05, 4.69) is 10.1 Å². The van der Waals surface area contributed by atoms with Crippen LogP contribution in [0, 0.1) is 0 Å². The smallest absolute Gasteiger partial charge is 0.406 e. The second-order valence-corrected chi connectivity index (χ2v) is 4.94. The highest BCUT2D eigenvalue weighted by Gasteiger charge is 2.31. The van der Waals surface area contributed by atoms with Crippen molar-refractivity contribution in [1.29, 1.82) is 0 Å². The average Bonchev–Trinajstić information content (AvgIpc) is 2.36. The molecule has 0 amide bonds. The summed E-state index contributed by atoms with van der Waals surface area (Å²) in [6.45, 7) is 0.286. The molecule has 1 N–H and O–H groups in total. The van der Waals surface area contributed by atoms with Crippen LogP contribution in [0.25, 0.3) is 0 Å². The molecule has 21 heavy (non-hydrogen) atoms. The summed E-state index contributed by atoms with van der Waals surface area (Å²) in [6.07, 6.45) is -4.72. The molecule has 2 aromatic rings. The zero-order valence-corrected chi connectivity index (χ0v) is 12.1. The maximum atomic E-state index is 12.2. The number of rotatable bonds is 4. The van der Waals surface area contributed by atoms with E-state index in [1.165, 1.54) is 18.2 Å². The molecule has 0 heterocycles. The normalized spacial score (nSPS) is 11.3. The third-order valence-electron chi connectivity index (χ3n) is 2.60. The molecule has 0 fully saturated rings. The van der Waals surface area contributed by atoms with Crippen LogP contribution in [0.5, 0.6) is 5.75 Å². The molecule has 2 nitrogen and oxygen atoms in total. The fourth-order valence-electron chi connectivity index (χ4n) is 1.69. The van der Waals surface area contributed by atoms with E-state index < -0.39 is 6.36 Å². The van der Waals surface area contributed by atoms with Gasteiger partial charge in [-0.1, -0.05) is 35.3 Å². The van der Waals surface area contributed by atoms with Gasteiger partial charge in [0.25, 0.3) is 0 Å². The van der Waals surface area contributed by atoms with Gasteiger partial charge in [-0.05, 0) is 24.3 Å². The molecular formula is C14H10Cl2F3NO. The fraction of sp³-hybridized carbons (Fsp3) is 0.143. The Morgan fingerprint density at radius 1 is 1.00 bits per heavy atom. The van der Waals surface area contributed by atoms with Gasteiger partial charge in [-0.3, -0.25) is 0 Å². The third kappa shape index (κ3) is 4.72. The second-order valence-electron chi connectivity index (χ2n) is 4.13. The summed E-state index contributed by atoms with van der Waals surface area (Å²) < 4.78 is 40.3. The predicted octanol–water partition coefficient (Wildman–Crippen LogP) is 5.50. The van der Waals surface area contributed by atoms with Crippen LogP contribution in [0.15, 0.2) is 42.5 Å². The number of alkyl halides is 3. The van der Waals surface area contributed by atoms with Crippen molar-refractivity contribution >= 4 is 28.9 Å². The summed E-state index contributed by atoms with van der Waals surface area (Å²) in [6, 6.07) is 10.6. The van der Waals surface area contributed by atoms with E-state index >= 15 is 0 Å². The Balaban J connectivity index is 2.09. The Bertz CT molecular complexity index is 612. The molecule has 2 aromatic carbocycles. The Hall–Kier alpha value is -1.59. The van der Waals surface area contributed by atoms with E-state index in [-0.39, 0.29) is 12.3 Å². The highest BCUT2D eigenvalue weighted by molar-refractivity contribution is 6.36. The molecule has 7 heteroatoms. The van der Waals surface area contributed by atoms with Gasteiger partial charge < -0.3 is 10.1 Å². The van der Waals surface area contributed by atoms with Crippen LogP contribution >= 0.6 is 23.2 Å². The molecule has 0 saturated heterocycles. The molecule has 0 saturated carbocycles. The van der Waals surface area contributed by atoms with Gasteiger partial charge in [0.05, 0.1) is 0 Å². The van der Waals surface area contributed by atoms with Crippen LogP contribution in [0.4, 0.5) is 18.9 Å². The summed E-state index contributed by atoms with van der Waals surface area (Å²) in [4.78, 5) is 0. The van der Waals surface area contributed by atoms with Gasteiger partial charge >= 0.3 is 6.36 Å². The lowest BCUT2D eigenvalue weighted by Gasteiger charge is -2.12. The van der Waals surface area contributed by atoms with E-state index in [4.69, 9.17) is 23.2 Å². The number of hydrogen-bond acceptors (Lipinski definition) is 2. The molecule has 0 atom stereocenters. The highest BCUT2D eigenvalue weighted by atomic mass is 35.5. The zero-order valence-electron chi connectivity index (χ0n) is 10.5. The number of hydrogen-bond donors (Lipinski definition) is 1. The summed E-state index contributed by atoms with van der Waals surface area (Å²) in [7, 11) is 0. The SMILES string of the molecule is FC(F)(F)Oc1cccc(NCc2c(Cl)cccc2Cl)c1. The molecular weight excluding hydrogens is 326 g/mol. The first-order chi connectivity index (χ1) is 9.85. The lowest BCUT2D eigenvalue weighted by atomic mass is 10.2. The quantitative estimate of drug-likeness (QED) is 0.796. The summed E-state index contributed by atoms with van der Waals surface area (Å²) in [5.74, 6) is -0.294. The van der Waals surface area contributed by atoms with Crippen molar-refractivity contribution < 1.29 is 17.9 Å².